The van der Waals surface area contributed by atoms with E-state index in [9.17, 15) is 0 Å². The van der Waals surface area contributed by atoms with Crippen molar-refractivity contribution >= 4 is 5.69 Å². The minimum Gasteiger partial charge on any atom is -0.378 e. The molecule has 0 fully saturated rings. The molecule has 0 amide bonds. The van der Waals surface area contributed by atoms with E-state index < -0.39 is 0 Å². The fraction of sp³-hybridized carbons (Fsp3) is 0.667. The van der Waals surface area contributed by atoms with Gasteiger partial charge < -0.3 is 10.2 Å². The molecule has 0 saturated carbocycles. The predicted molar refractivity (Wildman–Crippen MR) is 90.4 cm³/mol. The Bertz CT molecular complexity index is 341. The summed E-state index contributed by atoms with van der Waals surface area (Å²) in [5.74, 6) is 0.860. The molecule has 0 atom stereocenters. The maximum atomic E-state index is 3.54. The lowest BCUT2D eigenvalue weighted by atomic mass is 10.0. The van der Waals surface area contributed by atoms with Gasteiger partial charge in [-0.25, -0.2) is 0 Å². The molecule has 20 heavy (non-hydrogen) atoms. The van der Waals surface area contributed by atoms with Crippen molar-refractivity contribution in [2.24, 2.45) is 5.92 Å². The molecule has 1 rings (SSSR count). The lowest BCUT2D eigenvalue weighted by molar-refractivity contribution is 0.512. The second kappa shape index (κ2) is 9.82. The van der Waals surface area contributed by atoms with E-state index in [4.69, 9.17) is 0 Å². The fourth-order valence-electron chi connectivity index (χ4n) is 2.30. The van der Waals surface area contributed by atoms with Gasteiger partial charge in [-0.2, -0.15) is 0 Å². The first-order valence-corrected chi connectivity index (χ1v) is 8.06. The molecule has 0 aliphatic rings. The molecule has 0 spiro atoms. The Labute approximate surface area is 125 Å². The average molecular weight is 276 g/mol. The van der Waals surface area contributed by atoms with Gasteiger partial charge in [0.1, 0.15) is 0 Å². The van der Waals surface area contributed by atoms with E-state index in [1.54, 1.807) is 0 Å². The number of unbranched alkanes of at least 4 members (excludes halogenated alkanes) is 3. The number of hydrogen-bond acceptors (Lipinski definition) is 2. The van der Waals surface area contributed by atoms with Gasteiger partial charge in [-0.05, 0) is 36.6 Å². The van der Waals surface area contributed by atoms with Crippen molar-refractivity contribution in [2.75, 3.05) is 25.5 Å². The molecule has 0 saturated heterocycles. The molecule has 0 aliphatic carbocycles. The second-order valence-corrected chi connectivity index (χ2v) is 6.33. The third kappa shape index (κ3) is 7.54. The molecule has 0 heterocycles. The molecule has 0 bridgehead atoms. The van der Waals surface area contributed by atoms with Gasteiger partial charge >= 0.3 is 0 Å². The van der Waals surface area contributed by atoms with E-state index in [0.717, 1.165) is 19.0 Å². The van der Waals surface area contributed by atoms with Crippen LogP contribution in [0.15, 0.2) is 24.3 Å². The molecule has 0 radical (unpaired) electrons. The normalized spacial score (nSPS) is 11.1. The molecule has 1 N–H and O–H groups in total. The Morgan fingerprint density at radius 3 is 2.20 bits per heavy atom. The number of benzene rings is 1. The van der Waals surface area contributed by atoms with Gasteiger partial charge in [0.25, 0.3) is 0 Å². The molecule has 114 valence electrons. The van der Waals surface area contributed by atoms with Crippen molar-refractivity contribution in [2.45, 2.75) is 52.5 Å². The summed E-state index contributed by atoms with van der Waals surface area (Å²) in [6.07, 6.45) is 6.82. The predicted octanol–water partition coefficient (Wildman–Crippen LogP) is 4.45. The fourth-order valence-corrected chi connectivity index (χ4v) is 2.30. The van der Waals surface area contributed by atoms with Gasteiger partial charge in [0.2, 0.25) is 0 Å². The van der Waals surface area contributed by atoms with Crippen LogP contribution in [-0.4, -0.2) is 20.6 Å². The van der Waals surface area contributed by atoms with Gasteiger partial charge in [-0.1, -0.05) is 51.7 Å². The molecule has 0 aliphatic heterocycles. The number of rotatable bonds is 10. The Hall–Kier alpha value is -1.02. The van der Waals surface area contributed by atoms with Crippen LogP contribution >= 0.6 is 0 Å². The zero-order chi connectivity index (χ0) is 14.8. The van der Waals surface area contributed by atoms with Gasteiger partial charge in [0.05, 0.1) is 0 Å². The van der Waals surface area contributed by atoms with Crippen molar-refractivity contribution < 1.29 is 0 Å². The number of nitrogens with one attached hydrogen (secondary N) is 1. The summed E-state index contributed by atoms with van der Waals surface area (Å²) < 4.78 is 0. The summed E-state index contributed by atoms with van der Waals surface area (Å²) in [6, 6.07) is 8.79. The first-order valence-electron chi connectivity index (χ1n) is 8.06. The van der Waals surface area contributed by atoms with E-state index in [2.05, 4.69) is 62.4 Å². The highest BCUT2D eigenvalue weighted by molar-refractivity contribution is 5.45. The van der Waals surface area contributed by atoms with Gasteiger partial charge in [-0.3, -0.25) is 0 Å². The Morgan fingerprint density at radius 2 is 1.60 bits per heavy atom. The van der Waals surface area contributed by atoms with Crippen LogP contribution in [0, 0.1) is 5.92 Å². The summed E-state index contributed by atoms with van der Waals surface area (Å²) in [5.41, 5.74) is 2.63. The number of anilines is 1. The van der Waals surface area contributed by atoms with Crippen molar-refractivity contribution in [1.29, 1.82) is 0 Å². The van der Waals surface area contributed by atoms with E-state index in [1.807, 2.05) is 0 Å². The van der Waals surface area contributed by atoms with Crippen LogP contribution in [0.2, 0.25) is 0 Å². The van der Waals surface area contributed by atoms with E-state index in [0.29, 0.717) is 0 Å². The first kappa shape index (κ1) is 17.0. The largest absolute Gasteiger partial charge is 0.378 e. The maximum Gasteiger partial charge on any atom is 0.0361 e. The van der Waals surface area contributed by atoms with Crippen LogP contribution in [0.25, 0.3) is 0 Å². The van der Waals surface area contributed by atoms with Crippen LogP contribution in [0.5, 0.6) is 0 Å². The molecule has 1 aromatic rings. The smallest absolute Gasteiger partial charge is 0.0361 e. The lowest BCUT2D eigenvalue weighted by Crippen LogP contribution is -2.15. The van der Waals surface area contributed by atoms with Crippen molar-refractivity contribution in [3.05, 3.63) is 29.8 Å². The van der Waals surface area contributed by atoms with Gasteiger partial charge in [0, 0.05) is 26.3 Å². The third-order valence-electron chi connectivity index (χ3n) is 3.67. The van der Waals surface area contributed by atoms with E-state index >= 15 is 0 Å². The molecular formula is C18H32N2. The van der Waals surface area contributed by atoms with Crippen molar-refractivity contribution in [1.82, 2.24) is 5.32 Å². The Balaban J connectivity index is 2.03. The Morgan fingerprint density at radius 1 is 0.950 bits per heavy atom. The molecular weight excluding hydrogens is 244 g/mol. The number of nitrogens with zero attached hydrogens (tertiary/aromatic N) is 1. The minimum atomic E-state index is 0.860. The highest BCUT2D eigenvalue weighted by Gasteiger charge is 1.97. The summed E-state index contributed by atoms with van der Waals surface area (Å²) in [6.45, 7) is 6.74. The van der Waals surface area contributed by atoms with Crippen molar-refractivity contribution in [3.8, 4) is 0 Å². The molecule has 2 nitrogen and oxygen atoms in total. The van der Waals surface area contributed by atoms with Crippen LogP contribution in [-0.2, 0) is 6.54 Å². The monoisotopic (exact) mass is 276 g/mol. The number of hydrogen-bond donors (Lipinski definition) is 1. The minimum absolute atomic E-state index is 0.860. The third-order valence-corrected chi connectivity index (χ3v) is 3.67. The second-order valence-electron chi connectivity index (χ2n) is 6.33. The van der Waals surface area contributed by atoms with Crippen LogP contribution in [0.4, 0.5) is 5.69 Å². The zero-order valence-corrected chi connectivity index (χ0v) is 13.8. The summed E-state index contributed by atoms with van der Waals surface area (Å²) in [4.78, 5) is 2.13. The van der Waals surface area contributed by atoms with Gasteiger partial charge in [-0.15, -0.1) is 0 Å². The first-order chi connectivity index (χ1) is 9.59. The van der Waals surface area contributed by atoms with E-state index in [-0.39, 0.29) is 0 Å². The summed E-state index contributed by atoms with van der Waals surface area (Å²) in [7, 11) is 4.15. The van der Waals surface area contributed by atoms with Crippen molar-refractivity contribution in [3.63, 3.8) is 0 Å². The maximum absolute atomic E-state index is 3.54. The zero-order valence-electron chi connectivity index (χ0n) is 13.8. The highest BCUT2D eigenvalue weighted by Crippen LogP contribution is 2.12. The summed E-state index contributed by atoms with van der Waals surface area (Å²) in [5, 5.41) is 3.54. The standard InChI is InChI=1S/C18H32N2/c1-16(2)9-7-5-6-8-14-19-15-17-10-12-18(13-11-17)20(3)4/h10-13,16,19H,5-9,14-15H2,1-4H3. The molecule has 1 aromatic carbocycles. The average Bonchev–Trinajstić information content (AvgIpc) is 2.42. The molecule has 2 heteroatoms. The van der Waals surface area contributed by atoms with Gasteiger partial charge in [0.15, 0.2) is 0 Å². The van der Waals surface area contributed by atoms with E-state index in [1.165, 1.54) is 43.4 Å². The van der Waals surface area contributed by atoms with Crippen LogP contribution in [0.3, 0.4) is 0 Å². The molecule has 0 unspecified atom stereocenters. The SMILES string of the molecule is CC(C)CCCCCCNCc1ccc(N(C)C)cc1. The quantitative estimate of drug-likeness (QED) is 0.635. The summed E-state index contributed by atoms with van der Waals surface area (Å²) >= 11 is 0. The van der Waals surface area contributed by atoms with Crippen LogP contribution < -0.4 is 10.2 Å². The van der Waals surface area contributed by atoms with Crippen LogP contribution in [0.1, 0.15) is 51.5 Å². The highest BCUT2D eigenvalue weighted by atomic mass is 15.1. The molecule has 0 aromatic heterocycles. The topological polar surface area (TPSA) is 15.3 Å². The Kier molecular flexibility index (Phi) is 8.36. The lowest BCUT2D eigenvalue weighted by Gasteiger charge is -2.13.